The molecule has 0 fully saturated rings. The second kappa shape index (κ2) is 66.6. The Morgan fingerprint density at radius 2 is 0.537 bits per heavy atom. The number of aliphatic hydroxyl groups excluding tert-OH is 1. The average molecular weight is 1400 g/mol. The van der Waals surface area contributed by atoms with Gasteiger partial charge in [-0.05, 0) is 43.4 Å². The number of unbranched alkanes of at least 4 members (excludes halogenated alkanes) is 41. The molecule has 0 aliphatic heterocycles. The molecule has 19 heteroatoms. The van der Waals surface area contributed by atoms with E-state index in [1.807, 2.05) is 0 Å². The molecule has 0 amide bonds. The van der Waals surface area contributed by atoms with Crippen LogP contribution in [0.1, 0.15) is 389 Å². The number of phosphoric ester groups is 2. The molecule has 0 aliphatic carbocycles. The normalized spacial score (nSPS) is 14.4. The molecule has 0 aromatic heterocycles. The quantitative estimate of drug-likeness (QED) is 0.0222. The predicted molar refractivity (Wildman–Crippen MR) is 386 cm³/mol. The fourth-order valence-electron chi connectivity index (χ4n) is 11.6. The van der Waals surface area contributed by atoms with Crippen molar-refractivity contribution in [1.82, 2.24) is 0 Å². The Labute approximate surface area is 581 Å². The summed E-state index contributed by atoms with van der Waals surface area (Å²) in [4.78, 5) is 72.8. The topological polar surface area (TPSA) is 237 Å². The molecule has 0 aromatic carbocycles. The minimum absolute atomic E-state index is 0.104. The number of phosphoric acid groups is 2. The molecular formula is C76H148O17P2. The molecule has 564 valence electrons. The molecule has 6 atom stereocenters. The maximum atomic E-state index is 13.1. The van der Waals surface area contributed by atoms with E-state index in [0.717, 1.165) is 108 Å². The highest BCUT2D eigenvalue weighted by Gasteiger charge is 2.30. The number of rotatable bonds is 74. The Hall–Kier alpha value is -1.94. The number of esters is 4. The highest BCUT2D eigenvalue weighted by molar-refractivity contribution is 7.47. The van der Waals surface area contributed by atoms with E-state index in [9.17, 15) is 43.2 Å². The molecular weight excluding hydrogens is 1250 g/mol. The minimum atomic E-state index is -4.96. The molecule has 0 aliphatic rings. The Kier molecular flexibility index (Phi) is 65.2. The molecule has 95 heavy (non-hydrogen) atoms. The molecule has 0 saturated carbocycles. The van der Waals surface area contributed by atoms with Crippen molar-refractivity contribution in [2.45, 2.75) is 407 Å². The molecule has 17 nitrogen and oxygen atoms in total. The van der Waals surface area contributed by atoms with Crippen LogP contribution in [0.4, 0.5) is 0 Å². The molecule has 0 spiro atoms. The van der Waals surface area contributed by atoms with E-state index in [2.05, 4.69) is 48.5 Å². The monoisotopic (exact) mass is 1400 g/mol. The van der Waals surface area contributed by atoms with Gasteiger partial charge in [0.15, 0.2) is 12.2 Å². The fraction of sp³-hybridized carbons (Fsp3) is 0.947. The molecule has 0 rings (SSSR count). The van der Waals surface area contributed by atoms with E-state index in [0.29, 0.717) is 25.7 Å². The zero-order chi connectivity index (χ0) is 70.1. The molecule has 0 saturated heterocycles. The summed E-state index contributed by atoms with van der Waals surface area (Å²) in [6.45, 7) is 11.9. The summed E-state index contributed by atoms with van der Waals surface area (Å²) in [5, 5.41) is 10.6. The van der Waals surface area contributed by atoms with Crippen molar-refractivity contribution in [3.8, 4) is 0 Å². The minimum Gasteiger partial charge on any atom is -0.462 e. The molecule has 3 N–H and O–H groups in total. The van der Waals surface area contributed by atoms with Crippen LogP contribution in [-0.2, 0) is 65.4 Å². The first-order chi connectivity index (χ1) is 45.8. The zero-order valence-electron chi connectivity index (χ0n) is 62.1. The van der Waals surface area contributed by atoms with Gasteiger partial charge in [0.05, 0.1) is 26.4 Å². The van der Waals surface area contributed by atoms with Gasteiger partial charge in [0, 0.05) is 25.7 Å². The van der Waals surface area contributed by atoms with Crippen LogP contribution >= 0.6 is 15.6 Å². The average Bonchev–Trinajstić information content (AvgIpc) is 1.23. The van der Waals surface area contributed by atoms with Crippen LogP contribution in [-0.4, -0.2) is 96.7 Å². The van der Waals surface area contributed by atoms with Gasteiger partial charge in [-0.1, -0.05) is 337 Å². The van der Waals surface area contributed by atoms with Crippen LogP contribution in [0, 0.1) is 17.8 Å². The van der Waals surface area contributed by atoms with Gasteiger partial charge in [-0.2, -0.15) is 0 Å². The Bertz CT molecular complexity index is 1850. The van der Waals surface area contributed by atoms with E-state index >= 15 is 0 Å². The lowest BCUT2D eigenvalue weighted by Gasteiger charge is -2.21. The third-order valence-corrected chi connectivity index (χ3v) is 19.9. The first-order valence-corrected chi connectivity index (χ1v) is 42.4. The lowest BCUT2D eigenvalue weighted by Crippen LogP contribution is -2.30. The first-order valence-electron chi connectivity index (χ1n) is 39.4. The van der Waals surface area contributed by atoms with Crippen molar-refractivity contribution in [2.24, 2.45) is 17.8 Å². The largest absolute Gasteiger partial charge is 0.472 e. The summed E-state index contributed by atoms with van der Waals surface area (Å²) >= 11 is 0. The van der Waals surface area contributed by atoms with Gasteiger partial charge >= 0.3 is 39.5 Å². The summed E-state index contributed by atoms with van der Waals surface area (Å²) in [5.74, 6) is 0.180. The van der Waals surface area contributed by atoms with Crippen molar-refractivity contribution >= 4 is 39.5 Å². The second-order valence-corrected chi connectivity index (χ2v) is 31.5. The van der Waals surface area contributed by atoms with Crippen molar-refractivity contribution in [2.75, 3.05) is 39.6 Å². The van der Waals surface area contributed by atoms with Gasteiger partial charge < -0.3 is 33.8 Å². The summed E-state index contributed by atoms with van der Waals surface area (Å²) in [5.41, 5.74) is 0. The molecule has 0 heterocycles. The van der Waals surface area contributed by atoms with Crippen LogP contribution in [0.15, 0.2) is 0 Å². The van der Waals surface area contributed by atoms with E-state index in [4.69, 9.17) is 37.0 Å². The predicted octanol–water partition coefficient (Wildman–Crippen LogP) is 22.2. The van der Waals surface area contributed by atoms with Crippen molar-refractivity contribution < 1.29 is 80.2 Å². The van der Waals surface area contributed by atoms with Crippen LogP contribution in [0.5, 0.6) is 0 Å². The standard InChI is InChI=1S/C76H148O17P2/c1-8-10-11-12-13-14-15-16-21-24-27-36-43-50-57-73(78)86-63-71(92-75(80)59-52-45-38-28-25-22-19-17-18-20-23-26-33-40-47-54-67(3)4)65-90-94(82,83)88-61-70(77)62-89-95(84,85)91-66-72(64-87-74(79)58-51-44-37-31-29-34-41-48-55-68(5)6)93-76(81)60-53-46-39-32-30-35-42-49-56-69(7)9-2/h67-72,77H,8-66H2,1-7H3,(H,82,83)(H,84,85)/t69?,70-,71-,72-/m1/s1. The third-order valence-electron chi connectivity index (χ3n) is 18.0. The van der Waals surface area contributed by atoms with Gasteiger partial charge in [0.2, 0.25) is 0 Å². The number of hydrogen-bond donors (Lipinski definition) is 3. The number of hydrogen-bond acceptors (Lipinski definition) is 15. The van der Waals surface area contributed by atoms with E-state index in [1.54, 1.807) is 0 Å². The summed E-state index contributed by atoms with van der Waals surface area (Å²) in [6.07, 6.45) is 52.7. The van der Waals surface area contributed by atoms with Gasteiger partial charge in [-0.25, -0.2) is 9.13 Å². The number of carbonyl (C=O) groups is 4. The van der Waals surface area contributed by atoms with Crippen molar-refractivity contribution in [3.05, 3.63) is 0 Å². The molecule has 3 unspecified atom stereocenters. The SMILES string of the molecule is CCCCCCCCCCCCCCCCC(=O)OC[C@H](COP(=O)(O)OC[C@@H](O)COP(=O)(O)OC[C@@H](COC(=O)CCCCCCCCCCC(C)C)OC(=O)CCCCCCCCCCC(C)CC)OC(=O)CCCCCCCCCCCCCCCCCC(C)C. The van der Waals surface area contributed by atoms with E-state index in [1.165, 1.54) is 199 Å². The summed E-state index contributed by atoms with van der Waals surface area (Å²) < 4.78 is 68.5. The highest BCUT2D eigenvalue weighted by atomic mass is 31.2. The van der Waals surface area contributed by atoms with Crippen molar-refractivity contribution in [3.63, 3.8) is 0 Å². The van der Waals surface area contributed by atoms with Crippen LogP contribution in [0.3, 0.4) is 0 Å². The first kappa shape index (κ1) is 93.1. The lowest BCUT2D eigenvalue weighted by molar-refractivity contribution is -0.161. The molecule has 0 bridgehead atoms. The molecule has 0 aromatic rings. The van der Waals surface area contributed by atoms with E-state index < -0.39 is 97.5 Å². The Morgan fingerprint density at radius 1 is 0.305 bits per heavy atom. The Balaban J connectivity index is 5.25. The third kappa shape index (κ3) is 69.0. The second-order valence-electron chi connectivity index (χ2n) is 28.6. The van der Waals surface area contributed by atoms with Crippen LogP contribution in [0.2, 0.25) is 0 Å². The zero-order valence-corrected chi connectivity index (χ0v) is 63.9. The van der Waals surface area contributed by atoms with Gasteiger partial charge in [-0.15, -0.1) is 0 Å². The number of aliphatic hydroxyl groups is 1. The lowest BCUT2D eigenvalue weighted by atomic mass is 9.99. The molecule has 0 radical (unpaired) electrons. The van der Waals surface area contributed by atoms with Gasteiger partial charge in [0.25, 0.3) is 0 Å². The number of carbonyl (C=O) groups excluding carboxylic acids is 4. The summed E-state index contributed by atoms with van der Waals surface area (Å²) in [6, 6.07) is 0. The van der Waals surface area contributed by atoms with Crippen molar-refractivity contribution in [1.29, 1.82) is 0 Å². The van der Waals surface area contributed by atoms with Crippen LogP contribution in [0.25, 0.3) is 0 Å². The maximum Gasteiger partial charge on any atom is 0.472 e. The fourth-order valence-corrected chi connectivity index (χ4v) is 13.1. The Morgan fingerprint density at radius 3 is 0.800 bits per heavy atom. The highest BCUT2D eigenvalue weighted by Crippen LogP contribution is 2.45. The number of ether oxygens (including phenoxy) is 4. The van der Waals surface area contributed by atoms with Crippen LogP contribution < -0.4 is 0 Å². The van der Waals surface area contributed by atoms with E-state index in [-0.39, 0.29) is 25.7 Å². The van der Waals surface area contributed by atoms with Gasteiger partial charge in [-0.3, -0.25) is 37.3 Å². The summed E-state index contributed by atoms with van der Waals surface area (Å²) in [7, 11) is -9.91. The maximum absolute atomic E-state index is 13.1. The smallest absolute Gasteiger partial charge is 0.462 e. The van der Waals surface area contributed by atoms with Gasteiger partial charge in [0.1, 0.15) is 19.3 Å².